The number of imidazole rings is 1. The van der Waals surface area contributed by atoms with Gasteiger partial charge in [-0.3, -0.25) is 0 Å². The standard InChI is InChI=1S/C25H19N3O/c1-3-7-20(8-4-1)24-15-16-25-26-18-21(28(25)27-24)17-19-11-13-23(14-12-19)29-22-9-5-2-6-10-22/h1-16,18H,17H2. The molecule has 0 bridgehead atoms. The first kappa shape index (κ1) is 17.2. The normalized spacial score (nSPS) is 10.9. The molecule has 0 aliphatic rings. The van der Waals surface area contributed by atoms with Gasteiger partial charge in [0.25, 0.3) is 0 Å². The Hall–Kier alpha value is -3.92. The largest absolute Gasteiger partial charge is 0.457 e. The second kappa shape index (κ2) is 7.60. The Kier molecular flexibility index (Phi) is 4.51. The summed E-state index contributed by atoms with van der Waals surface area (Å²) in [5, 5.41) is 4.80. The van der Waals surface area contributed by atoms with Gasteiger partial charge in [-0.05, 0) is 42.0 Å². The first-order valence-corrected chi connectivity index (χ1v) is 9.56. The summed E-state index contributed by atoms with van der Waals surface area (Å²) in [5.41, 5.74) is 5.11. The highest BCUT2D eigenvalue weighted by atomic mass is 16.5. The smallest absolute Gasteiger partial charge is 0.153 e. The zero-order valence-electron chi connectivity index (χ0n) is 15.8. The van der Waals surface area contributed by atoms with Crippen LogP contribution >= 0.6 is 0 Å². The predicted octanol–water partition coefficient (Wildman–Crippen LogP) is 5.78. The highest BCUT2D eigenvalue weighted by Crippen LogP contribution is 2.23. The second-order valence-corrected chi connectivity index (χ2v) is 6.84. The molecular formula is C25H19N3O. The van der Waals surface area contributed by atoms with Crippen molar-refractivity contribution in [2.75, 3.05) is 0 Å². The molecule has 0 amide bonds. The Morgan fingerprint density at radius 2 is 1.38 bits per heavy atom. The van der Waals surface area contributed by atoms with Gasteiger partial charge in [-0.1, -0.05) is 60.7 Å². The molecule has 4 heteroatoms. The molecule has 5 aromatic rings. The van der Waals surface area contributed by atoms with Crippen molar-refractivity contribution in [3.05, 3.63) is 115 Å². The van der Waals surface area contributed by atoms with E-state index in [1.807, 2.05) is 83.5 Å². The lowest BCUT2D eigenvalue weighted by Gasteiger charge is -2.07. The van der Waals surface area contributed by atoms with Crippen LogP contribution in [0.2, 0.25) is 0 Å². The van der Waals surface area contributed by atoms with Crippen molar-refractivity contribution < 1.29 is 4.74 Å². The van der Waals surface area contributed by atoms with Gasteiger partial charge in [0.2, 0.25) is 0 Å². The Labute approximate surface area is 169 Å². The Balaban J connectivity index is 1.38. The number of fused-ring (bicyclic) bond motifs is 1. The molecule has 0 saturated carbocycles. The number of para-hydroxylation sites is 1. The number of nitrogens with zero attached hydrogens (tertiary/aromatic N) is 3. The number of aromatic nitrogens is 3. The van der Waals surface area contributed by atoms with E-state index in [2.05, 4.69) is 29.2 Å². The van der Waals surface area contributed by atoms with Gasteiger partial charge in [-0.25, -0.2) is 9.50 Å². The fourth-order valence-electron chi connectivity index (χ4n) is 3.31. The monoisotopic (exact) mass is 377 g/mol. The molecule has 3 aromatic carbocycles. The van der Waals surface area contributed by atoms with Gasteiger partial charge in [0, 0.05) is 12.0 Å². The third-order valence-electron chi connectivity index (χ3n) is 4.79. The summed E-state index contributed by atoms with van der Waals surface area (Å²) in [7, 11) is 0. The minimum atomic E-state index is 0.748. The van der Waals surface area contributed by atoms with Crippen LogP contribution in [0.25, 0.3) is 16.9 Å². The van der Waals surface area contributed by atoms with Crippen molar-refractivity contribution >= 4 is 5.65 Å². The van der Waals surface area contributed by atoms with Gasteiger partial charge in [-0.15, -0.1) is 0 Å². The van der Waals surface area contributed by atoms with E-state index in [9.17, 15) is 0 Å². The Morgan fingerprint density at radius 1 is 0.690 bits per heavy atom. The molecule has 0 atom stereocenters. The van der Waals surface area contributed by atoms with Crippen LogP contribution in [0.5, 0.6) is 11.5 Å². The summed E-state index contributed by atoms with van der Waals surface area (Å²) in [5.74, 6) is 1.65. The van der Waals surface area contributed by atoms with Crippen molar-refractivity contribution in [2.45, 2.75) is 6.42 Å². The van der Waals surface area contributed by atoms with Crippen molar-refractivity contribution in [3.63, 3.8) is 0 Å². The molecular weight excluding hydrogens is 358 g/mol. The molecule has 0 fully saturated rings. The number of ether oxygens (including phenoxy) is 1. The van der Waals surface area contributed by atoms with Crippen LogP contribution in [0.15, 0.2) is 103 Å². The first-order valence-electron chi connectivity index (χ1n) is 9.56. The molecule has 2 heterocycles. The van der Waals surface area contributed by atoms with E-state index in [4.69, 9.17) is 9.84 Å². The average molecular weight is 377 g/mol. The van der Waals surface area contributed by atoms with Crippen LogP contribution in [0, 0.1) is 0 Å². The fourth-order valence-corrected chi connectivity index (χ4v) is 3.31. The zero-order chi connectivity index (χ0) is 19.5. The summed E-state index contributed by atoms with van der Waals surface area (Å²) in [6, 6.07) is 32.2. The maximum absolute atomic E-state index is 5.87. The van der Waals surface area contributed by atoms with E-state index in [0.29, 0.717) is 0 Å². The maximum atomic E-state index is 5.87. The summed E-state index contributed by atoms with van der Waals surface area (Å²) < 4.78 is 7.80. The molecule has 0 spiro atoms. The quantitative estimate of drug-likeness (QED) is 0.390. The number of rotatable bonds is 5. The Morgan fingerprint density at radius 3 is 2.14 bits per heavy atom. The Bertz CT molecular complexity index is 1230. The average Bonchev–Trinajstić information content (AvgIpc) is 3.18. The van der Waals surface area contributed by atoms with Gasteiger partial charge in [0.1, 0.15) is 11.5 Å². The maximum Gasteiger partial charge on any atom is 0.153 e. The molecule has 140 valence electrons. The summed E-state index contributed by atoms with van der Waals surface area (Å²) in [6.07, 6.45) is 2.64. The van der Waals surface area contributed by atoms with Gasteiger partial charge < -0.3 is 4.74 Å². The summed E-state index contributed by atoms with van der Waals surface area (Å²) in [6.45, 7) is 0. The van der Waals surface area contributed by atoms with Gasteiger partial charge in [0.15, 0.2) is 5.65 Å². The molecule has 0 N–H and O–H groups in total. The van der Waals surface area contributed by atoms with Crippen LogP contribution in [0.3, 0.4) is 0 Å². The molecule has 0 aliphatic carbocycles. The minimum absolute atomic E-state index is 0.748. The van der Waals surface area contributed by atoms with Crippen molar-refractivity contribution in [2.24, 2.45) is 0 Å². The van der Waals surface area contributed by atoms with Gasteiger partial charge in [0.05, 0.1) is 17.6 Å². The van der Waals surface area contributed by atoms with Crippen LogP contribution in [-0.4, -0.2) is 14.6 Å². The topological polar surface area (TPSA) is 39.4 Å². The van der Waals surface area contributed by atoms with Crippen LogP contribution < -0.4 is 4.74 Å². The third-order valence-corrected chi connectivity index (χ3v) is 4.79. The molecule has 0 unspecified atom stereocenters. The van der Waals surface area contributed by atoms with E-state index in [1.165, 1.54) is 5.56 Å². The predicted molar refractivity (Wildman–Crippen MR) is 114 cm³/mol. The lowest BCUT2D eigenvalue weighted by molar-refractivity contribution is 0.482. The number of hydrogen-bond donors (Lipinski definition) is 0. The second-order valence-electron chi connectivity index (χ2n) is 6.84. The van der Waals surface area contributed by atoms with Gasteiger partial charge in [-0.2, -0.15) is 5.10 Å². The van der Waals surface area contributed by atoms with E-state index < -0.39 is 0 Å². The van der Waals surface area contributed by atoms with Crippen molar-refractivity contribution in [1.29, 1.82) is 0 Å². The number of hydrogen-bond acceptors (Lipinski definition) is 3. The zero-order valence-corrected chi connectivity index (χ0v) is 15.8. The molecule has 0 saturated heterocycles. The number of benzene rings is 3. The molecule has 29 heavy (non-hydrogen) atoms. The van der Waals surface area contributed by atoms with E-state index in [1.54, 1.807) is 0 Å². The molecule has 5 rings (SSSR count). The highest BCUT2D eigenvalue weighted by molar-refractivity contribution is 5.60. The summed E-state index contributed by atoms with van der Waals surface area (Å²) >= 11 is 0. The van der Waals surface area contributed by atoms with Crippen molar-refractivity contribution in [3.8, 4) is 22.8 Å². The lowest BCUT2D eigenvalue weighted by atomic mass is 10.1. The van der Waals surface area contributed by atoms with Crippen LogP contribution in [-0.2, 0) is 6.42 Å². The minimum Gasteiger partial charge on any atom is -0.457 e. The fraction of sp³-hybridized carbons (Fsp3) is 0.0400. The third kappa shape index (κ3) is 3.73. The van der Waals surface area contributed by atoms with Crippen LogP contribution in [0.4, 0.5) is 0 Å². The van der Waals surface area contributed by atoms with Crippen molar-refractivity contribution in [1.82, 2.24) is 14.6 Å². The SMILES string of the molecule is c1ccc(Oc2ccc(Cc3cnc4ccc(-c5ccccc5)nn34)cc2)cc1. The first-order chi connectivity index (χ1) is 14.3. The van der Waals surface area contributed by atoms with E-state index in [-0.39, 0.29) is 0 Å². The van der Waals surface area contributed by atoms with Gasteiger partial charge >= 0.3 is 0 Å². The molecule has 0 radical (unpaired) electrons. The highest BCUT2D eigenvalue weighted by Gasteiger charge is 2.08. The van der Waals surface area contributed by atoms with Crippen LogP contribution in [0.1, 0.15) is 11.3 Å². The van der Waals surface area contributed by atoms with E-state index in [0.717, 1.165) is 40.5 Å². The molecule has 4 nitrogen and oxygen atoms in total. The van der Waals surface area contributed by atoms with E-state index >= 15 is 0 Å². The lowest BCUT2D eigenvalue weighted by Crippen LogP contribution is -2.00. The molecule has 0 aliphatic heterocycles. The molecule has 2 aromatic heterocycles. The summed E-state index contributed by atoms with van der Waals surface area (Å²) in [4.78, 5) is 4.50.